The third-order valence-electron chi connectivity index (χ3n) is 5.46. The molecule has 192 valence electrons. The molecule has 3 aromatic carbocycles. The molecule has 10 nitrogen and oxygen atoms in total. The van der Waals surface area contributed by atoms with Crippen molar-refractivity contribution in [1.82, 2.24) is 9.71 Å². The number of nitrogens with two attached hydrogens (primary N) is 1. The molecule has 0 spiro atoms. The van der Waals surface area contributed by atoms with Crippen LogP contribution in [0.2, 0.25) is 0 Å². The van der Waals surface area contributed by atoms with E-state index in [1.54, 1.807) is 31.4 Å². The summed E-state index contributed by atoms with van der Waals surface area (Å²) in [5.74, 6) is 0.367. The molecule has 0 aliphatic carbocycles. The van der Waals surface area contributed by atoms with E-state index in [4.69, 9.17) is 15.7 Å². The molecule has 0 radical (unpaired) electrons. The molecule has 0 aliphatic rings. The number of rotatable bonds is 9. The Labute approximate surface area is 217 Å². The Morgan fingerprint density at radius 3 is 2.59 bits per heavy atom. The van der Waals surface area contributed by atoms with Crippen LogP contribution in [0.4, 0.5) is 5.69 Å². The molecule has 1 amide bonds. The quantitative estimate of drug-likeness (QED) is 0.110. The first-order chi connectivity index (χ1) is 17.7. The molecule has 4 aromatic rings. The molecule has 4 rings (SSSR count). The number of nitrogens with one attached hydrogen (secondary N) is 2. The summed E-state index contributed by atoms with van der Waals surface area (Å²) in [6.45, 7) is 1.37. The number of carbonyl (C=O) groups is 1. The van der Waals surface area contributed by atoms with Crippen molar-refractivity contribution in [3.05, 3.63) is 82.9 Å². The molecule has 12 heteroatoms. The van der Waals surface area contributed by atoms with Crippen molar-refractivity contribution >= 4 is 49.0 Å². The first-order valence-corrected chi connectivity index (χ1v) is 13.4. The van der Waals surface area contributed by atoms with Crippen molar-refractivity contribution in [2.24, 2.45) is 10.9 Å². The highest BCUT2D eigenvalue weighted by atomic mass is 32.2. The minimum absolute atomic E-state index is 0.0415. The van der Waals surface area contributed by atoms with Gasteiger partial charge in [-0.1, -0.05) is 23.4 Å². The first-order valence-electron chi connectivity index (χ1n) is 11.1. The number of thiazole rings is 1. The highest BCUT2D eigenvalue weighted by Crippen LogP contribution is 2.32. The van der Waals surface area contributed by atoms with Crippen LogP contribution in [0.3, 0.4) is 0 Å². The van der Waals surface area contributed by atoms with Gasteiger partial charge in [-0.15, -0.1) is 11.3 Å². The normalized spacial score (nSPS) is 12.9. The second kappa shape index (κ2) is 10.9. The van der Waals surface area contributed by atoms with Gasteiger partial charge in [0, 0.05) is 18.2 Å². The number of oxime groups is 1. The highest BCUT2D eigenvalue weighted by Gasteiger charge is 2.25. The Kier molecular flexibility index (Phi) is 7.71. The van der Waals surface area contributed by atoms with Crippen LogP contribution in [0.1, 0.15) is 29.1 Å². The molecule has 1 aromatic heterocycles. The van der Waals surface area contributed by atoms with E-state index in [1.165, 1.54) is 42.5 Å². The maximum Gasteiger partial charge on any atom is 0.241 e. The summed E-state index contributed by atoms with van der Waals surface area (Å²) in [4.78, 5) is 16.0. The van der Waals surface area contributed by atoms with Gasteiger partial charge >= 0.3 is 0 Å². The average molecular weight is 540 g/mol. The van der Waals surface area contributed by atoms with Crippen LogP contribution in [0.25, 0.3) is 10.2 Å². The third-order valence-corrected chi connectivity index (χ3v) is 8.08. The molecular weight excluding hydrogens is 514 g/mol. The fourth-order valence-corrected chi connectivity index (χ4v) is 6.03. The molecule has 1 atom stereocenters. The summed E-state index contributed by atoms with van der Waals surface area (Å²) in [5, 5.41) is 15.3. The molecular formula is C25H25N5O5S2. The van der Waals surface area contributed by atoms with Crippen molar-refractivity contribution in [2.45, 2.75) is 24.3 Å². The monoisotopic (exact) mass is 539 g/mol. The van der Waals surface area contributed by atoms with Gasteiger partial charge in [-0.3, -0.25) is 4.79 Å². The Balaban J connectivity index is 1.70. The van der Waals surface area contributed by atoms with Gasteiger partial charge in [0.2, 0.25) is 15.9 Å². The van der Waals surface area contributed by atoms with Crippen LogP contribution < -0.4 is 20.5 Å². The van der Waals surface area contributed by atoms with Crippen LogP contribution in [-0.4, -0.2) is 37.5 Å². The molecule has 0 saturated heterocycles. The number of amidine groups is 1. The van der Waals surface area contributed by atoms with Crippen molar-refractivity contribution < 1.29 is 23.2 Å². The van der Waals surface area contributed by atoms with E-state index in [9.17, 15) is 13.2 Å². The Morgan fingerprint density at radius 1 is 1.16 bits per heavy atom. The summed E-state index contributed by atoms with van der Waals surface area (Å²) in [6, 6.07) is 17.6. The maximum atomic E-state index is 13.4. The van der Waals surface area contributed by atoms with Crippen molar-refractivity contribution in [2.75, 3.05) is 12.4 Å². The largest absolute Gasteiger partial charge is 0.497 e. The highest BCUT2D eigenvalue weighted by molar-refractivity contribution is 7.89. The number of nitrogens with zero attached hydrogens (tertiary/aromatic N) is 2. The van der Waals surface area contributed by atoms with Crippen LogP contribution in [-0.2, 0) is 21.2 Å². The van der Waals surface area contributed by atoms with E-state index in [0.717, 1.165) is 15.8 Å². The summed E-state index contributed by atoms with van der Waals surface area (Å²) >= 11 is 1.36. The predicted molar refractivity (Wildman–Crippen MR) is 143 cm³/mol. The number of amides is 1. The number of aromatic nitrogens is 1. The Hall–Kier alpha value is -4.00. The van der Waals surface area contributed by atoms with Gasteiger partial charge < -0.3 is 21.0 Å². The van der Waals surface area contributed by atoms with Crippen LogP contribution in [0.5, 0.6) is 5.75 Å². The zero-order chi connectivity index (χ0) is 26.6. The molecule has 0 fully saturated rings. The predicted octanol–water partition coefficient (Wildman–Crippen LogP) is 3.62. The lowest BCUT2D eigenvalue weighted by molar-refractivity contribution is -0.114. The van der Waals surface area contributed by atoms with Crippen molar-refractivity contribution in [3.63, 3.8) is 0 Å². The molecule has 1 unspecified atom stereocenters. The van der Waals surface area contributed by atoms with Gasteiger partial charge in [-0.05, 0) is 60.5 Å². The van der Waals surface area contributed by atoms with Gasteiger partial charge in [0.1, 0.15) is 10.8 Å². The summed E-state index contributed by atoms with van der Waals surface area (Å²) < 4.78 is 35.7. The number of hydrogen-bond acceptors (Lipinski definition) is 8. The number of fused-ring (bicyclic) bond motifs is 1. The number of benzene rings is 3. The van der Waals surface area contributed by atoms with E-state index in [1.807, 2.05) is 18.2 Å². The number of sulfonamides is 1. The second-order valence-corrected chi connectivity index (χ2v) is 10.9. The van der Waals surface area contributed by atoms with Crippen molar-refractivity contribution in [3.8, 4) is 5.75 Å². The van der Waals surface area contributed by atoms with Gasteiger partial charge in [-0.2, -0.15) is 0 Å². The molecule has 0 bridgehead atoms. The number of carbonyl (C=O) groups excluding carboxylic acids is 1. The number of anilines is 1. The van der Waals surface area contributed by atoms with E-state index in [-0.39, 0.29) is 23.1 Å². The first kappa shape index (κ1) is 26.1. The summed E-state index contributed by atoms with van der Waals surface area (Å²) in [6.07, 6.45) is 0.257. The van der Waals surface area contributed by atoms with Crippen LogP contribution in [0, 0.1) is 0 Å². The molecule has 0 aliphatic heterocycles. The van der Waals surface area contributed by atoms with E-state index in [2.05, 4.69) is 20.2 Å². The van der Waals surface area contributed by atoms with Gasteiger partial charge in [-0.25, -0.2) is 18.1 Å². The minimum atomic E-state index is -3.96. The van der Waals surface area contributed by atoms with Gasteiger partial charge in [0.25, 0.3) is 0 Å². The Bertz CT molecular complexity index is 1570. The summed E-state index contributed by atoms with van der Waals surface area (Å²) in [7, 11) is -2.39. The second-order valence-electron chi connectivity index (χ2n) is 8.15. The lowest BCUT2D eigenvalue weighted by atomic mass is 10.0. The van der Waals surface area contributed by atoms with Crippen LogP contribution in [0.15, 0.2) is 76.8 Å². The molecule has 5 N–H and O–H groups in total. The van der Waals surface area contributed by atoms with E-state index < -0.39 is 16.1 Å². The number of hydrogen-bond donors (Lipinski definition) is 4. The lowest BCUT2D eigenvalue weighted by Crippen LogP contribution is -2.30. The van der Waals surface area contributed by atoms with Gasteiger partial charge in [0.05, 0.1) is 28.3 Å². The number of methoxy groups -OCH3 is 1. The molecule has 37 heavy (non-hydrogen) atoms. The van der Waals surface area contributed by atoms with Crippen LogP contribution >= 0.6 is 11.3 Å². The van der Waals surface area contributed by atoms with E-state index in [0.29, 0.717) is 22.0 Å². The molecule has 0 saturated carbocycles. The fourth-order valence-electron chi connectivity index (χ4n) is 3.71. The average Bonchev–Trinajstić information content (AvgIpc) is 3.31. The minimum Gasteiger partial charge on any atom is -0.497 e. The number of ether oxygens (including phenoxy) is 1. The maximum absolute atomic E-state index is 13.4. The van der Waals surface area contributed by atoms with Gasteiger partial charge in [0.15, 0.2) is 5.84 Å². The van der Waals surface area contributed by atoms with E-state index >= 15 is 0 Å². The zero-order valence-corrected chi connectivity index (χ0v) is 21.6. The fraction of sp³-hybridized carbons (Fsp3) is 0.160. The van der Waals surface area contributed by atoms with Crippen molar-refractivity contribution in [1.29, 1.82) is 0 Å². The molecule has 1 heterocycles. The smallest absolute Gasteiger partial charge is 0.241 e. The summed E-state index contributed by atoms with van der Waals surface area (Å²) in [5.41, 5.74) is 8.21. The zero-order valence-electron chi connectivity index (χ0n) is 20.0. The standard InChI is InChI=1S/C25H25N5O5S2/c1-15(31)27-18-6-9-20(10-7-18)37(33,34)30-22(13-16-4-3-5-17(12-16)24(26)29-32)25-28-21-11-8-19(35-2)14-23(21)36-25/h3-12,14,22,30,32H,13H2,1-2H3,(H2,26,29)(H,27,31). The lowest BCUT2D eigenvalue weighted by Gasteiger charge is -2.18. The Morgan fingerprint density at radius 2 is 1.92 bits per heavy atom. The SMILES string of the molecule is COc1ccc2nc(C(Cc3cccc(/C(N)=N\O)c3)NS(=O)(=O)c3ccc(NC(C)=O)cc3)sc2c1. The third kappa shape index (κ3) is 6.23. The topological polar surface area (TPSA) is 156 Å².